The summed E-state index contributed by atoms with van der Waals surface area (Å²) < 4.78 is 16.5. The summed E-state index contributed by atoms with van der Waals surface area (Å²) in [4.78, 5) is 31.3. The molecule has 1 amide bonds. The first-order chi connectivity index (χ1) is 20.1. The molecule has 8 nitrogen and oxygen atoms in total. The molecule has 8 heteroatoms. The van der Waals surface area contributed by atoms with Crippen LogP contribution in [0.15, 0.2) is 97.2 Å². The van der Waals surface area contributed by atoms with Crippen molar-refractivity contribution in [1.82, 2.24) is 4.98 Å². The highest BCUT2D eigenvalue weighted by Gasteiger charge is 2.21. The largest absolute Gasteiger partial charge is 0.493 e. The van der Waals surface area contributed by atoms with Crippen LogP contribution in [0.3, 0.4) is 0 Å². The molecule has 0 atom stereocenters. The van der Waals surface area contributed by atoms with Crippen molar-refractivity contribution in [2.75, 3.05) is 37.0 Å². The number of esters is 1. The molecule has 41 heavy (non-hydrogen) atoms. The Bertz CT molecular complexity index is 1430. The molecule has 1 aliphatic heterocycles. The number of methoxy groups -OCH3 is 1. The van der Waals surface area contributed by atoms with Crippen molar-refractivity contribution in [3.63, 3.8) is 0 Å². The molecule has 1 N–H and O–H groups in total. The van der Waals surface area contributed by atoms with Crippen LogP contribution in [0.4, 0.5) is 11.5 Å². The second-order valence-electron chi connectivity index (χ2n) is 9.92. The molecule has 4 aromatic rings. The normalized spacial score (nSPS) is 13.3. The molecule has 0 spiro atoms. The molecule has 5 rings (SSSR count). The van der Waals surface area contributed by atoms with Gasteiger partial charge in [-0.2, -0.15) is 0 Å². The maximum atomic E-state index is 12.7. The van der Waals surface area contributed by atoms with Gasteiger partial charge in [-0.05, 0) is 78.9 Å². The summed E-state index contributed by atoms with van der Waals surface area (Å²) in [5.41, 5.74) is 2.75. The van der Waals surface area contributed by atoms with Gasteiger partial charge in [0.1, 0.15) is 23.9 Å². The lowest BCUT2D eigenvalue weighted by Gasteiger charge is -2.32. The first-order valence-corrected chi connectivity index (χ1v) is 13.7. The number of nitrogens with zero attached hydrogens (tertiary/aromatic N) is 2. The lowest BCUT2D eigenvalue weighted by molar-refractivity contribution is 0.0600. The van der Waals surface area contributed by atoms with Crippen LogP contribution in [0.25, 0.3) is 0 Å². The van der Waals surface area contributed by atoms with Gasteiger partial charge in [-0.25, -0.2) is 9.78 Å². The number of benzene rings is 3. The number of carbonyl (C=O) groups is 2. The van der Waals surface area contributed by atoms with Crippen molar-refractivity contribution < 1.29 is 23.8 Å². The average Bonchev–Trinajstić information content (AvgIpc) is 3.04. The molecule has 0 saturated carbocycles. The molecule has 0 unspecified atom stereocenters. The highest BCUT2D eigenvalue weighted by molar-refractivity contribution is 6.04. The van der Waals surface area contributed by atoms with E-state index in [0.29, 0.717) is 47.4 Å². The number of piperidine rings is 1. The van der Waals surface area contributed by atoms with Crippen molar-refractivity contribution in [2.24, 2.45) is 5.92 Å². The van der Waals surface area contributed by atoms with E-state index < -0.39 is 0 Å². The van der Waals surface area contributed by atoms with Crippen molar-refractivity contribution >= 4 is 23.4 Å². The van der Waals surface area contributed by atoms with Gasteiger partial charge in [0.15, 0.2) is 0 Å². The molecule has 2 heterocycles. The van der Waals surface area contributed by atoms with E-state index in [9.17, 15) is 9.59 Å². The summed E-state index contributed by atoms with van der Waals surface area (Å²) in [5.74, 6) is 2.10. The monoisotopic (exact) mass is 551 g/mol. The quantitative estimate of drug-likeness (QED) is 0.242. The van der Waals surface area contributed by atoms with Crippen LogP contribution in [0.5, 0.6) is 11.5 Å². The molecule has 3 aromatic carbocycles. The van der Waals surface area contributed by atoms with E-state index in [4.69, 9.17) is 14.2 Å². The Morgan fingerprint density at radius 3 is 2.34 bits per heavy atom. The zero-order valence-electron chi connectivity index (χ0n) is 23.0. The smallest absolute Gasteiger partial charge is 0.337 e. The number of anilines is 2. The summed E-state index contributed by atoms with van der Waals surface area (Å²) in [6, 6.07) is 27.9. The fourth-order valence-corrected chi connectivity index (χ4v) is 4.67. The van der Waals surface area contributed by atoms with Crippen LogP contribution in [-0.4, -0.2) is 43.7 Å². The van der Waals surface area contributed by atoms with Crippen LogP contribution in [0, 0.1) is 5.92 Å². The zero-order chi connectivity index (χ0) is 28.4. The number of ether oxygens (including phenoxy) is 3. The highest BCUT2D eigenvalue weighted by Crippen LogP contribution is 2.24. The summed E-state index contributed by atoms with van der Waals surface area (Å²) in [7, 11) is 1.37. The predicted molar refractivity (Wildman–Crippen MR) is 158 cm³/mol. The topological polar surface area (TPSA) is 90.0 Å². The Morgan fingerprint density at radius 1 is 0.854 bits per heavy atom. The highest BCUT2D eigenvalue weighted by atomic mass is 16.5. The van der Waals surface area contributed by atoms with E-state index in [1.54, 1.807) is 48.7 Å². The van der Waals surface area contributed by atoms with Crippen molar-refractivity contribution in [2.45, 2.75) is 19.4 Å². The Hall–Kier alpha value is -4.85. The van der Waals surface area contributed by atoms with Gasteiger partial charge in [0, 0.05) is 18.7 Å². The number of carbonyl (C=O) groups excluding carboxylic acids is 2. The number of hydrogen-bond donors (Lipinski definition) is 1. The number of nitrogens with one attached hydrogen (secondary N) is 1. The Morgan fingerprint density at radius 2 is 1.63 bits per heavy atom. The molecule has 1 fully saturated rings. The fraction of sp³-hybridized carbons (Fsp3) is 0.242. The lowest BCUT2D eigenvalue weighted by atomic mass is 9.98. The van der Waals surface area contributed by atoms with Crippen LogP contribution in [-0.2, 0) is 11.3 Å². The van der Waals surface area contributed by atoms with E-state index >= 15 is 0 Å². The predicted octanol–water partition coefficient (Wildman–Crippen LogP) is 5.99. The SMILES string of the molecule is COC(=O)c1cccc(OCC2CCN(c3ccc(NC(=O)c4ccc(OCc5ccccc5)cc4)cn3)CC2)c1. The third kappa shape index (κ3) is 7.63. The third-order valence-corrected chi connectivity index (χ3v) is 7.05. The molecule has 1 aliphatic rings. The minimum Gasteiger partial charge on any atom is -0.493 e. The first-order valence-electron chi connectivity index (χ1n) is 13.7. The van der Waals surface area contributed by atoms with Gasteiger partial charge in [0.05, 0.1) is 31.2 Å². The Kier molecular flexibility index (Phi) is 9.11. The van der Waals surface area contributed by atoms with E-state index in [-0.39, 0.29) is 11.9 Å². The first kappa shape index (κ1) is 27.7. The third-order valence-electron chi connectivity index (χ3n) is 7.05. The standard InChI is InChI=1S/C33H33N3O5/c1-39-33(38)27-8-5-9-30(20-27)41-23-25-16-18-36(19-17-25)31-15-12-28(21-34-31)35-32(37)26-10-13-29(14-11-26)40-22-24-6-3-2-4-7-24/h2-15,20-21,25H,16-19,22-23H2,1H3,(H,35,37). The van der Waals surface area contributed by atoms with Crippen LogP contribution < -0.4 is 19.7 Å². The number of amides is 1. The van der Waals surface area contributed by atoms with E-state index in [2.05, 4.69) is 15.2 Å². The van der Waals surface area contributed by atoms with E-state index in [1.807, 2.05) is 48.5 Å². The fourth-order valence-electron chi connectivity index (χ4n) is 4.67. The van der Waals surface area contributed by atoms with Gasteiger partial charge in [-0.1, -0.05) is 36.4 Å². The van der Waals surface area contributed by atoms with Crippen LogP contribution in [0.2, 0.25) is 0 Å². The van der Waals surface area contributed by atoms with E-state index in [0.717, 1.165) is 37.3 Å². The molecule has 0 radical (unpaired) electrons. The van der Waals surface area contributed by atoms with Gasteiger partial charge in [-0.15, -0.1) is 0 Å². The number of aromatic nitrogens is 1. The second-order valence-corrected chi connectivity index (χ2v) is 9.92. The Balaban J connectivity index is 1.06. The van der Waals surface area contributed by atoms with Crippen molar-refractivity contribution in [3.05, 3.63) is 114 Å². The molecule has 0 aliphatic carbocycles. The minimum absolute atomic E-state index is 0.202. The van der Waals surface area contributed by atoms with Crippen LogP contribution >= 0.6 is 0 Å². The molecule has 210 valence electrons. The van der Waals surface area contributed by atoms with Crippen molar-refractivity contribution in [3.8, 4) is 11.5 Å². The maximum absolute atomic E-state index is 12.7. The zero-order valence-corrected chi connectivity index (χ0v) is 23.0. The summed E-state index contributed by atoms with van der Waals surface area (Å²) in [6.07, 6.45) is 3.64. The van der Waals surface area contributed by atoms with Crippen LogP contribution in [0.1, 0.15) is 39.1 Å². The van der Waals surface area contributed by atoms with Gasteiger partial charge < -0.3 is 24.4 Å². The second kappa shape index (κ2) is 13.5. The molecule has 0 bridgehead atoms. The minimum atomic E-state index is -0.374. The van der Waals surface area contributed by atoms with Crippen molar-refractivity contribution in [1.29, 1.82) is 0 Å². The summed E-state index contributed by atoms with van der Waals surface area (Å²) >= 11 is 0. The Labute approximate surface area is 239 Å². The van der Waals surface area contributed by atoms with Gasteiger partial charge in [-0.3, -0.25) is 4.79 Å². The molecule has 1 aromatic heterocycles. The summed E-state index contributed by atoms with van der Waals surface area (Å²) in [6.45, 7) is 2.81. The molecule has 1 saturated heterocycles. The summed E-state index contributed by atoms with van der Waals surface area (Å²) in [5, 5.41) is 2.91. The molecular formula is C33H33N3O5. The van der Waals surface area contributed by atoms with Gasteiger partial charge in [0.25, 0.3) is 5.91 Å². The molecular weight excluding hydrogens is 518 g/mol. The van der Waals surface area contributed by atoms with Gasteiger partial charge in [0.2, 0.25) is 0 Å². The number of hydrogen-bond acceptors (Lipinski definition) is 7. The average molecular weight is 552 g/mol. The maximum Gasteiger partial charge on any atom is 0.337 e. The van der Waals surface area contributed by atoms with E-state index in [1.165, 1.54) is 7.11 Å². The van der Waals surface area contributed by atoms with Gasteiger partial charge >= 0.3 is 5.97 Å². The number of pyridine rings is 1. The lowest BCUT2D eigenvalue weighted by Crippen LogP contribution is -2.36. The number of rotatable bonds is 10.